The summed E-state index contributed by atoms with van der Waals surface area (Å²) in [5, 5.41) is 3.25. The van der Waals surface area contributed by atoms with Crippen LogP contribution >= 0.6 is 23.1 Å². The van der Waals surface area contributed by atoms with E-state index in [4.69, 9.17) is 10.5 Å². The number of rotatable bonds is 6. The van der Waals surface area contributed by atoms with Gasteiger partial charge in [-0.2, -0.15) is 0 Å². The van der Waals surface area contributed by atoms with Crippen LogP contribution in [0, 0.1) is 0 Å². The smallest absolute Gasteiger partial charge is 0.239 e. The van der Waals surface area contributed by atoms with E-state index in [-0.39, 0.29) is 11.2 Å². The largest absolute Gasteiger partial charge is 0.494 e. The summed E-state index contributed by atoms with van der Waals surface area (Å²) in [6, 6.07) is 13.2. The fourth-order valence-corrected chi connectivity index (χ4v) is 3.99. The molecule has 1 atom stereocenters. The van der Waals surface area contributed by atoms with Crippen molar-refractivity contribution in [1.29, 1.82) is 0 Å². The van der Waals surface area contributed by atoms with Crippen LogP contribution in [-0.4, -0.2) is 22.7 Å². The molecule has 0 aliphatic rings. The Kier molecular flexibility index (Phi) is 5.45. The molecule has 0 aliphatic heterocycles. The molecule has 130 valence electrons. The monoisotopic (exact) mass is 373 g/mol. The van der Waals surface area contributed by atoms with Crippen molar-refractivity contribution in [2.24, 2.45) is 0 Å². The van der Waals surface area contributed by atoms with Gasteiger partial charge in [0.25, 0.3) is 0 Å². The van der Waals surface area contributed by atoms with Crippen LogP contribution < -0.4 is 15.8 Å². The van der Waals surface area contributed by atoms with E-state index < -0.39 is 0 Å². The Hall–Kier alpha value is -2.25. The number of hydrogen-bond acceptors (Lipinski definition) is 6. The average molecular weight is 374 g/mol. The van der Waals surface area contributed by atoms with Gasteiger partial charge in [-0.05, 0) is 56.3 Å². The summed E-state index contributed by atoms with van der Waals surface area (Å²) >= 11 is 2.93. The van der Waals surface area contributed by atoms with Gasteiger partial charge in [-0.15, -0.1) is 11.8 Å². The van der Waals surface area contributed by atoms with Gasteiger partial charge in [-0.3, -0.25) is 4.79 Å². The number of carbonyl (C=O) groups excluding carboxylic acids is 1. The van der Waals surface area contributed by atoms with E-state index >= 15 is 0 Å². The first kappa shape index (κ1) is 17.6. The minimum Gasteiger partial charge on any atom is -0.494 e. The average Bonchev–Trinajstić information content (AvgIpc) is 2.98. The Bertz CT molecular complexity index is 878. The first-order valence-corrected chi connectivity index (χ1v) is 9.61. The van der Waals surface area contributed by atoms with Crippen LogP contribution in [0.2, 0.25) is 0 Å². The molecular weight excluding hydrogens is 354 g/mol. The summed E-state index contributed by atoms with van der Waals surface area (Å²) in [4.78, 5) is 17.9. The van der Waals surface area contributed by atoms with Crippen LogP contribution in [0.5, 0.6) is 5.75 Å². The van der Waals surface area contributed by atoms with Gasteiger partial charge in [-0.25, -0.2) is 4.98 Å². The van der Waals surface area contributed by atoms with Gasteiger partial charge >= 0.3 is 0 Å². The molecule has 0 spiro atoms. The summed E-state index contributed by atoms with van der Waals surface area (Å²) in [6.45, 7) is 4.44. The van der Waals surface area contributed by atoms with Crippen LogP contribution in [0.3, 0.4) is 0 Å². The number of hydrogen-bond donors (Lipinski definition) is 2. The SMILES string of the molecule is CCOc1ccc2nc(NC(=O)C(C)Sc3ccc(N)cc3)sc2c1. The molecule has 0 radical (unpaired) electrons. The fraction of sp³-hybridized carbons (Fsp3) is 0.222. The van der Waals surface area contributed by atoms with Crippen molar-refractivity contribution in [3.05, 3.63) is 42.5 Å². The second-order valence-electron chi connectivity index (χ2n) is 5.40. The number of thioether (sulfide) groups is 1. The Morgan fingerprint density at radius 3 is 2.80 bits per heavy atom. The number of nitrogen functional groups attached to an aromatic ring is 1. The molecule has 0 bridgehead atoms. The number of aromatic nitrogens is 1. The number of fused-ring (bicyclic) bond motifs is 1. The lowest BCUT2D eigenvalue weighted by atomic mass is 10.3. The molecule has 3 aromatic rings. The minimum absolute atomic E-state index is 0.0779. The molecule has 0 saturated heterocycles. The number of nitrogens with zero attached hydrogens (tertiary/aromatic N) is 1. The zero-order valence-corrected chi connectivity index (χ0v) is 15.6. The van der Waals surface area contributed by atoms with E-state index in [9.17, 15) is 4.79 Å². The molecular formula is C18H19N3O2S2. The number of ether oxygens (including phenoxy) is 1. The number of thiazole rings is 1. The summed E-state index contributed by atoms with van der Waals surface area (Å²) in [5.41, 5.74) is 7.24. The lowest BCUT2D eigenvalue weighted by molar-refractivity contribution is -0.115. The van der Waals surface area contributed by atoms with Gasteiger partial charge in [0, 0.05) is 10.6 Å². The Balaban J connectivity index is 1.67. The molecule has 1 heterocycles. The molecule has 1 unspecified atom stereocenters. The molecule has 3 rings (SSSR count). The highest BCUT2D eigenvalue weighted by Gasteiger charge is 2.16. The van der Waals surface area contributed by atoms with Crippen molar-refractivity contribution < 1.29 is 9.53 Å². The Morgan fingerprint density at radius 1 is 1.32 bits per heavy atom. The molecule has 3 N–H and O–H groups in total. The number of nitrogens with one attached hydrogen (secondary N) is 1. The summed E-state index contributed by atoms with van der Waals surface area (Å²) in [6.07, 6.45) is 0. The highest BCUT2D eigenvalue weighted by molar-refractivity contribution is 8.00. The van der Waals surface area contributed by atoms with Gasteiger partial charge in [-0.1, -0.05) is 11.3 Å². The highest BCUT2D eigenvalue weighted by atomic mass is 32.2. The van der Waals surface area contributed by atoms with Crippen LogP contribution in [0.4, 0.5) is 10.8 Å². The van der Waals surface area contributed by atoms with E-state index in [2.05, 4.69) is 10.3 Å². The maximum Gasteiger partial charge on any atom is 0.239 e. The standard InChI is InChI=1S/C18H19N3O2S2/c1-3-23-13-6-9-15-16(10-13)25-18(20-15)21-17(22)11(2)24-14-7-4-12(19)5-8-14/h4-11H,3,19H2,1-2H3,(H,20,21,22). The second kappa shape index (κ2) is 7.76. The number of carbonyl (C=O) groups is 1. The van der Waals surface area contributed by atoms with Crippen molar-refractivity contribution >= 4 is 50.0 Å². The molecule has 0 aliphatic carbocycles. The van der Waals surface area contributed by atoms with Crippen molar-refractivity contribution in [2.45, 2.75) is 24.0 Å². The van der Waals surface area contributed by atoms with Gasteiger partial charge in [0.05, 0.1) is 22.1 Å². The third-order valence-electron chi connectivity index (χ3n) is 3.46. The summed E-state index contributed by atoms with van der Waals surface area (Å²) in [7, 11) is 0. The number of nitrogens with two attached hydrogens (primary N) is 1. The van der Waals surface area contributed by atoms with Gasteiger partial charge in [0.15, 0.2) is 5.13 Å². The summed E-state index contributed by atoms with van der Waals surface area (Å²) < 4.78 is 6.48. The predicted molar refractivity (Wildman–Crippen MR) is 106 cm³/mol. The van der Waals surface area contributed by atoms with Gasteiger partial charge in [0.1, 0.15) is 5.75 Å². The number of anilines is 2. The van der Waals surface area contributed by atoms with Crippen molar-refractivity contribution in [3.8, 4) is 5.75 Å². The third kappa shape index (κ3) is 4.43. The number of amides is 1. The summed E-state index contributed by atoms with van der Waals surface area (Å²) in [5.74, 6) is 0.731. The molecule has 25 heavy (non-hydrogen) atoms. The van der Waals surface area contributed by atoms with E-state index in [1.165, 1.54) is 23.1 Å². The molecule has 1 amide bonds. The topological polar surface area (TPSA) is 77.2 Å². The highest BCUT2D eigenvalue weighted by Crippen LogP contribution is 2.30. The normalized spacial score (nSPS) is 12.1. The van der Waals surface area contributed by atoms with Crippen LogP contribution in [-0.2, 0) is 4.79 Å². The van der Waals surface area contributed by atoms with Gasteiger partial charge < -0.3 is 15.8 Å². The Labute approximate surface area is 154 Å². The van der Waals surface area contributed by atoms with Crippen molar-refractivity contribution in [1.82, 2.24) is 4.98 Å². The van der Waals surface area contributed by atoms with E-state index in [1.54, 1.807) is 0 Å². The molecule has 0 saturated carbocycles. The maximum atomic E-state index is 12.4. The van der Waals surface area contributed by atoms with Crippen LogP contribution in [0.15, 0.2) is 47.4 Å². The second-order valence-corrected chi connectivity index (χ2v) is 7.84. The lowest BCUT2D eigenvalue weighted by Gasteiger charge is -2.10. The molecule has 2 aromatic carbocycles. The maximum absolute atomic E-state index is 12.4. The number of benzene rings is 2. The van der Waals surface area contributed by atoms with Crippen LogP contribution in [0.25, 0.3) is 10.2 Å². The zero-order valence-electron chi connectivity index (χ0n) is 14.0. The molecule has 7 heteroatoms. The Morgan fingerprint density at radius 2 is 2.08 bits per heavy atom. The molecule has 1 aromatic heterocycles. The van der Waals surface area contributed by atoms with E-state index in [1.807, 2.05) is 56.3 Å². The molecule has 0 fully saturated rings. The quantitative estimate of drug-likeness (QED) is 0.495. The molecule has 5 nitrogen and oxygen atoms in total. The third-order valence-corrected chi connectivity index (χ3v) is 5.51. The van der Waals surface area contributed by atoms with Crippen molar-refractivity contribution in [2.75, 3.05) is 17.7 Å². The first-order valence-electron chi connectivity index (χ1n) is 7.91. The minimum atomic E-state index is -0.241. The predicted octanol–water partition coefficient (Wildman–Crippen LogP) is 4.40. The van der Waals surface area contributed by atoms with E-state index in [0.717, 1.165) is 20.9 Å². The lowest BCUT2D eigenvalue weighted by Crippen LogP contribution is -2.22. The first-order chi connectivity index (χ1) is 12.0. The van der Waals surface area contributed by atoms with E-state index in [0.29, 0.717) is 17.4 Å². The van der Waals surface area contributed by atoms with Crippen LogP contribution in [0.1, 0.15) is 13.8 Å². The zero-order chi connectivity index (χ0) is 17.8. The fourth-order valence-electron chi connectivity index (χ4n) is 2.23. The van der Waals surface area contributed by atoms with Crippen molar-refractivity contribution in [3.63, 3.8) is 0 Å². The van der Waals surface area contributed by atoms with Gasteiger partial charge in [0.2, 0.25) is 5.91 Å².